The van der Waals surface area contributed by atoms with E-state index in [2.05, 4.69) is 10.2 Å². The van der Waals surface area contributed by atoms with Crippen molar-refractivity contribution in [3.63, 3.8) is 0 Å². The summed E-state index contributed by atoms with van der Waals surface area (Å²) in [5.74, 6) is 0. The highest BCUT2D eigenvalue weighted by molar-refractivity contribution is 7.89. The first-order chi connectivity index (χ1) is 8.51. The normalized spacial score (nSPS) is 11.9. The van der Waals surface area contributed by atoms with Crippen molar-refractivity contribution in [2.45, 2.75) is 11.4 Å². The molecule has 1 aromatic heterocycles. The average molecular weight is 286 g/mol. The lowest BCUT2D eigenvalue weighted by Gasteiger charge is -2.16. The molecule has 0 spiro atoms. The highest BCUT2D eigenvalue weighted by atomic mass is 35.5. The molecule has 0 radical (unpaired) electrons. The van der Waals surface area contributed by atoms with E-state index in [9.17, 15) is 8.42 Å². The molecule has 2 rings (SSSR count). The Labute approximate surface area is 110 Å². The monoisotopic (exact) mass is 285 g/mol. The zero-order valence-corrected chi connectivity index (χ0v) is 11.2. The van der Waals surface area contributed by atoms with Crippen LogP contribution in [0.4, 0.5) is 0 Å². The number of benzene rings is 1. The molecule has 5 nitrogen and oxygen atoms in total. The van der Waals surface area contributed by atoms with Crippen molar-refractivity contribution in [2.75, 3.05) is 7.05 Å². The molecule has 0 aliphatic heterocycles. The first-order valence-electron chi connectivity index (χ1n) is 5.20. The lowest BCUT2D eigenvalue weighted by molar-refractivity contribution is 0.467. The third-order valence-electron chi connectivity index (χ3n) is 2.53. The lowest BCUT2D eigenvalue weighted by atomic mass is 10.2. The molecule has 0 aliphatic carbocycles. The number of sulfonamides is 1. The van der Waals surface area contributed by atoms with Gasteiger partial charge in [-0.3, -0.25) is 5.10 Å². The highest BCUT2D eigenvalue weighted by Gasteiger charge is 2.22. The molecule has 0 amide bonds. The van der Waals surface area contributed by atoms with Crippen LogP contribution in [0.1, 0.15) is 5.56 Å². The summed E-state index contributed by atoms with van der Waals surface area (Å²) in [6, 6.07) is 7.15. The van der Waals surface area contributed by atoms with Crippen LogP contribution < -0.4 is 0 Å². The molecule has 0 fully saturated rings. The zero-order valence-electron chi connectivity index (χ0n) is 9.67. The molecule has 0 unspecified atom stereocenters. The number of aromatic nitrogens is 2. The molecule has 2 aromatic rings. The van der Waals surface area contributed by atoms with Crippen LogP contribution >= 0.6 is 11.6 Å². The van der Waals surface area contributed by atoms with Gasteiger partial charge in [0.1, 0.15) is 4.90 Å². The van der Waals surface area contributed by atoms with Gasteiger partial charge in [-0.1, -0.05) is 29.8 Å². The summed E-state index contributed by atoms with van der Waals surface area (Å²) in [6.45, 7) is 0.215. The van der Waals surface area contributed by atoms with Gasteiger partial charge in [0.2, 0.25) is 10.0 Å². The maximum atomic E-state index is 12.1. The molecular weight excluding hydrogens is 274 g/mol. The van der Waals surface area contributed by atoms with Gasteiger partial charge in [0.05, 0.1) is 6.20 Å². The highest BCUT2D eigenvalue weighted by Crippen LogP contribution is 2.20. The number of nitrogens with one attached hydrogen (secondary N) is 1. The summed E-state index contributed by atoms with van der Waals surface area (Å²) < 4.78 is 25.5. The largest absolute Gasteiger partial charge is 0.284 e. The fourth-order valence-electron chi connectivity index (χ4n) is 1.51. The minimum Gasteiger partial charge on any atom is -0.284 e. The summed E-state index contributed by atoms with van der Waals surface area (Å²) in [7, 11) is -2.02. The van der Waals surface area contributed by atoms with Crippen molar-refractivity contribution in [3.8, 4) is 0 Å². The van der Waals surface area contributed by atoms with Crippen LogP contribution in [0.3, 0.4) is 0 Å². The standard InChI is InChI=1S/C11H12ClN3O2S/c1-15(8-9-4-2-3-5-11(9)12)18(16,17)10-6-13-14-7-10/h2-7H,8H2,1H3,(H,13,14). The molecule has 0 bridgehead atoms. The Hall–Kier alpha value is -1.37. The number of hydrogen-bond donors (Lipinski definition) is 1. The fraction of sp³-hybridized carbons (Fsp3) is 0.182. The SMILES string of the molecule is CN(Cc1ccccc1Cl)S(=O)(=O)c1cn[nH]c1. The van der Waals surface area contributed by atoms with Crippen LogP contribution in [0.15, 0.2) is 41.6 Å². The van der Waals surface area contributed by atoms with Crippen LogP contribution in [-0.2, 0) is 16.6 Å². The molecular formula is C11H12ClN3O2S. The van der Waals surface area contributed by atoms with Gasteiger partial charge in [-0.05, 0) is 11.6 Å². The maximum Gasteiger partial charge on any atom is 0.246 e. The topological polar surface area (TPSA) is 66.1 Å². The molecule has 1 N–H and O–H groups in total. The van der Waals surface area contributed by atoms with E-state index in [0.29, 0.717) is 5.02 Å². The van der Waals surface area contributed by atoms with Crippen molar-refractivity contribution in [1.29, 1.82) is 0 Å². The van der Waals surface area contributed by atoms with Gasteiger partial charge in [-0.2, -0.15) is 9.40 Å². The number of rotatable bonds is 4. The fourth-order valence-corrected chi connectivity index (χ4v) is 2.76. The second-order valence-electron chi connectivity index (χ2n) is 3.79. The Kier molecular flexibility index (Phi) is 3.70. The van der Waals surface area contributed by atoms with Gasteiger partial charge in [-0.15, -0.1) is 0 Å². The molecule has 7 heteroatoms. The van der Waals surface area contributed by atoms with Crippen molar-refractivity contribution in [3.05, 3.63) is 47.2 Å². The van der Waals surface area contributed by atoms with E-state index in [1.807, 2.05) is 6.07 Å². The summed E-state index contributed by atoms with van der Waals surface area (Å²) in [6.07, 6.45) is 2.62. The number of nitrogens with zero attached hydrogens (tertiary/aromatic N) is 2. The van der Waals surface area contributed by atoms with E-state index in [1.54, 1.807) is 18.2 Å². The predicted molar refractivity (Wildman–Crippen MR) is 68.7 cm³/mol. The summed E-state index contributed by atoms with van der Waals surface area (Å²) in [5, 5.41) is 6.67. The number of H-pyrrole nitrogens is 1. The molecule has 0 aliphatic rings. The van der Waals surface area contributed by atoms with Crippen molar-refractivity contribution in [2.24, 2.45) is 0 Å². The van der Waals surface area contributed by atoms with Gasteiger partial charge in [0, 0.05) is 24.8 Å². The van der Waals surface area contributed by atoms with E-state index >= 15 is 0 Å². The third kappa shape index (κ3) is 2.55. The Morgan fingerprint density at radius 3 is 2.72 bits per heavy atom. The molecule has 1 heterocycles. The second-order valence-corrected chi connectivity index (χ2v) is 6.24. The molecule has 96 valence electrons. The number of aromatic amines is 1. The number of halogens is 1. The average Bonchev–Trinajstić information content (AvgIpc) is 2.86. The van der Waals surface area contributed by atoms with Gasteiger partial charge >= 0.3 is 0 Å². The van der Waals surface area contributed by atoms with E-state index < -0.39 is 10.0 Å². The Morgan fingerprint density at radius 2 is 2.11 bits per heavy atom. The molecule has 18 heavy (non-hydrogen) atoms. The summed E-state index contributed by atoms with van der Waals surface area (Å²) in [4.78, 5) is 0.136. The van der Waals surface area contributed by atoms with Gasteiger partial charge in [0.25, 0.3) is 0 Å². The smallest absolute Gasteiger partial charge is 0.246 e. The van der Waals surface area contributed by atoms with E-state index in [1.165, 1.54) is 23.7 Å². The minimum atomic E-state index is -3.53. The van der Waals surface area contributed by atoms with E-state index in [-0.39, 0.29) is 11.4 Å². The molecule has 1 aromatic carbocycles. The summed E-state index contributed by atoms with van der Waals surface area (Å²) >= 11 is 6.00. The predicted octanol–water partition coefficient (Wildman–Crippen LogP) is 1.88. The molecule has 0 saturated carbocycles. The van der Waals surface area contributed by atoms with Crippen LogP contribution in [0, 0.1) is 0 Å². The summed E-state index contributed by atoms with van der Waals surface area (Å²) in [5.41, 5.74) is 0.758. The maximum absolute atomic E-state index is 12.1. The first kappa shape index (κ1) is 13.1. The van der Waals surface area contributed by atoms with Gasteiger partial charge in [0.15, 0.2) is 0 Å². The Balaban J connectivity index is 2.24. The van der Waals surface area contributed by atoms with Gasteiger partial charge in [-0.25, -0.2) is 8.42 Å². The third-order valence-corrected chi connectivity index (χ3v) is 4.67. The second kappa shape index (κ2) is 5.09. The van der Waals surface area contributed by atoms with Crippen molar-refractivity contribution < 1.29 is 8.42 Å². The van der Waals surface area contributed by atoms with E-state index in [0.717, 1.165) is 5.56 Å². The first-order valence-corrected chi connectivity index (χ1v) is 7.02. The van der Waals surface area contributed by atoms with Crippen LogP contribution in [0.2, 0.25) is 5.02 Å². The minimum absolute atomic E-state index is 0.136. The lowest BCUT2D eigenvalue weighted by Crippen LogP contribution is -2.26. The Bertz CT molecular complexity index is 625. The van der Waals surface area contributed by atoms with Crippen LogP contribution in [0.25, 0.3) is 0 Å². The number of hydrogen-bond acceptors (Lipinski definition) is 3. The molecule has 0 atom stereocenters. The van der Waals surface area contributed by atoms with E-state index in [4.69, 9.17) is 11.6 Å². The van der Waals surface area contributed by atoms with Crippen molar-refractivity contribution >= 4 is 21.6 Å². The quantitative estimate of drug-likeness (QED) is 0.933. The van der Waals surface area contributed by atoms with Crippen molar-refractivity contribution in [1.82, 2.24) is 14.5 Å². The molecule has 0 saturated heterocycles. The Morgan fingerprint density at radius 1 is 1.39 bits per heavy atom. The van der Waals surface area contributed by atoms with Crippen LogP contribution in [-0.4, -0.2) is 30.0 Å². The zero-order chi connectivity index (χ0) is 13.2. The van der Waals surface area contributed by atoms with Gasteiger partial charge < -0.3 is 0 Å². The van der Waals surface area contributed by atoms with Crippen LogP contribution in [0.5, 0.6) is 0 Å².